The molecule has 2 N–H and O–H groups in total. The van der Waals surface area contributed by atoms with E-state index in [0.29, 0.717) is 12.6 Å². The fraction of sp³-hybridized carbons (Fsp3) is 0.923. The van der Waals surface area contributed by atoms with Crippen molar-refractivity contribution in [3.05, 3.63) is 0 Å². The fourth-order valence-electron chi connectivity index (χ4n) is 1.40. The third-order valence-electron chi connectivity index (χ3n) is 2.85. The summed E-state index contributed by atoms with van der Waals surface area (Å²) in [6, 6.07) is 0.614. The Kier molecular flexibility index (Phi) is 10.2. The third-order valence-corrected chi connectivity index (χ3v) is 2.85. The average Bonchev–Trinajstić information content (AvgIpc) is 2.30. The normalized spacial score (nSPS) is 11.2. The first-order valence-electron chi connectivity index (χ1n) is 6.75. The SMILES string of the molecule is CCCNC(=O)CNCCCCN(C)C(C)C. The number of nitrogens with zero attached hydrogens (tertiary/aromatic N) is 1. The fourth-order valence-corrected chi connectivity index (χ4v) is 1.40. The monoisotopic (exact) mass is 243 g/mol. The van der Waals surface area contributed by atoms with Crippen LogP contribution in [0.25, 0.3) is 0 Å². The lowest BCUT2D eigenvalue weighted by Crippen LogP contribution is -2.34. The molecular formula is C13H29N3O. The highest BCUT2D eigenvalue weighted by Gasteiger charge is 2.02. The lowest BCUT2D eigenvalue weighted by atomic mass is 10.2. The number of unbranched alkanes of at least 4 members (excludes halogenated alkanes) is 1. The second kappa shape index (κ2) is 10.5. The highest BCUT2D eigenvalue weighted by Crippen LogP contribution is 1.96. The summed E-state index contributed by atoms with van der Waals surface area (Å²) in [5.74, 6) is 0.103. The Balaban J connectivity index is 3.26. The maximum atomic E-state index is 11.3. The summed E-state index contributed by atoms with van der Waals surface area (Å²) in [6.07, 6.45) is 3.30. The van der Waals surface area contributed by atoms with E-state index in [4.69, 9.17) is 0 Å². The highest BCUT2D eigenvalue weighted by atomic mass is 16.1. The Bertz CT molecular complexity index is 195. The van der Waals surface area contributed by atoms with Gasteiger partial charge in [-0.05, 0) is 53.2 Å². The maximum Gasteiger partial charge on any atom is 0.233 e. The molecule has 0 radical (unpaired) electrons. The predicted octanol–water partition coefficient (Wildman–Crippen LogP) is 1.22. The Hall–Kier alpha value is -0.610. The Morgan fingerprint density at radius 3 is 2.53 bits per heavy atom. The average molecular weight is 243 g/mol. The van der Waals surface area contributed by atoms with E-state index in [1.165, 1.54) is 6.42 Å². The van der Waals surface area contributed by atoms with Gasteiger partial charge < -0.3 is 15.5 Å². The van der Waals surface area contributed by atoms with Crippen molar-refractivity contribution in [3.8, 4) is 0 Å². The molecular weight excluding hydrogens is 214 g/mol. The van der Waals surface area contributed by atoms with Crippen LogP contribution in [0.1, 0.15) is 40.0 Å². The van der Waals surface area contributed by atoms with E-state index in [2.05, 4.69) is 43.4 Å². The van der Waals surface area contributed by atoms with Crippen molar-refractivity contribution in [2.75, 3.05) is 33.2 Å². The maximum absolute atomic E-state index is 11.3. The van der Waals surface area contributed by atoms with E-state index in [1.54, 1.807) is 0 Å². The highest BCUT2D eigenvalue weighted by molar-refractivity contribution is 5.77. The molecule has 17 heavy (non-hydrogen) atoms. The van der Waals surface area contributed by atoms with Crippen LogP contribution in [0.5, 0.6) is 0 Å². The van der Waals surface area contributed by atoms with Gasteiger partial charge in [-0.1, -0.05) is 6.92 Å². The van der Waals surface area contributed by atoms with Crippen molar-refractivity contribution in [1.29, 1.82) is 0 Å². The molecule has 0 fully saturated rings. The lowest BCUT2D eigenvalue weighted by molar-refractivity contribution is -0.120. The van der Waals surface area contributed by atoms with Crippen molar-refractivity contribution in [3.63, 3.8) is 0 Å². The second-order valence-corrected chi connectivity index (χ2v) is 4.81. The van der Waals surface area contributed by atoms with E-state index in [-0.39, 0.29) is 5.91 Å². The minimum Gasteiger partial charge on any atom is -0.355 e. The molecule has 1 amide bonds. The molecule has 0 heterocycles. The number of nitrogens with one attached hydrogen (secondary N) is 2. The zero-order valence-corrected chi connectivity index (χ0v) is 11.9. The van der Waals surface area contributed by atoms with Crippen molar-refractivity contribution in [1.82, 2.24) is 15.5 Å². The first-order chi connectivity index (χ1) is 8.07. The quantitative estimate of drug-likeness (QED) is 0.567. The van der Waals surface area contributed by atoms with Gasteiger partial charge in [0.25, 0.3) is 0 Å². The minimum absolute atomic E-state index is 0.103. The van der Waals surface area contributed by atoms with Gasteiger partial charge in [0.05, 0.1) is 6.54 Å². The lowest BCUT2D eigenvalue weighted by Gasteiger charge is -2.20. The molecule has 0 aromatic rings. The smallest absolute Gasteiger partial charge is 0.233 e. The van der Waals surface area contributed by atoms with E-state index >= 15 is 0 Å². The minimum atomic E-state index is 0.103. The van der Waals surface area contributed by atoms with Crippen LogP contribution in [0.2, 0.25) is 0 Å². The van der Waals surface area contributed by atoms with E-state index in [0.717, 1.165) is 32.5 Å². The Labute approximate surface area is 106 Å². The number of hydrogen-bond acceptors (Lipinski definition) is 3. The van der Waals surface area contributed by atoms with E-state index in [9.17, 15) is 4.79 Å². The summed E-state index contributed by atoms with van der Waals surface area (Å²) < 4.78 is 0. The van der Waals surface area contributed by atoms with Crippen molar-refractivity contribution in [2.24, 2.45) is 0 Å². The van der Waals surface area contributed by atoms with Gasteiger partial charge >= 0.3 is 0 Å². The standard InChI is InChI=1S/C13H29N3O/c1-5-8-15-13(17)11-14-9-6-7-10-16(4)12(2)3/h12,14H,5-11H2,1-4H3,(H,15,17). The van der Waals surface area contributed by atoms with Gasteiger partial charge in [-0.15, -0.1) is 0 Å². The van der Waals surface area contributed by atoms with Crippen LogP contribution in [0.3, 0.4) is 0 Å². The number of hydrogen-bond donors (Lipinski definition) is 2. The number of amides is 1. The first-order valence-corrected chi connectivity index (χ1v) is 6.75. The van der Waals surface area contributed by atoms with Gasteiger partial charge in [-0.25, -0.2) is 0 Å². The Morgan fingerprint density at radius 2 is 1.94 bits per heavy atom. The van der Waals surface area contributed by atoms with Crippen LogP contribution in [0, 0.1) is 0 Å². The molecule has 0 saturated heterocycles. The summed E-state index contributed by atoms with van der Waals surface area (Å²) in [5.41, 5.74) is 0. The van der Waals surface area contributed by atoms with Gasteiger partial charge in [0.15, 0.2) is 0 Å². The number of carbonyl (C=O) groups excluding carboxylic acids is 1. The van der Waals surface area contributed by atoms with Gasteiger partial charge in [-0.2, -0.15) is 0 Å². The molecule has 0 spiro atoms. The van der Waals surface area contributed by atoms with Crippen LogP contribution in [-0.4, -0.2) is 50.1 Å². The summed E-state index contributed by atoms with van der Waals surface area (Å²) in [6.45, 7) is 9.73. The van der Waals surface area contributed by atoms with Gasteiger partial charge in [-0.3, -0.25) is 4.79 Å². The third kappa shape index (κ3) is 10.3. The zero-order chi connectivity index (χ0) is 13.1. The van der Waals surface area contributed by atoms with Gasteiger partial charge in [0.2, 0.25) is 5.91 Å². The molecule has 4 heteroatoms. The zero-order valence-electron chi connectivity index (χ0n) is 11.9. The summed E-state index contributed by atoms with van der Waals surface area (Å²) in [7, 11) is 2.15. The molecule has 0 bridgehead atoms. The topological polar surface area (TPSA) is 44.4 Å². The molecule has 0 aromatic carbocycles. The molecule has 0 atom stereocenters. The summed E-state index contributed by atoms with van der Waals surface area (Å²) in [5, 5.41) is 6.01. The van der Waals surface area contributed by atoms with Crippen LogP contribution in [0.4, 0.5) is 0 Å². The van der Waals surface area contributed by atoms with Crippen molar-refractivity contribution in [2.45, 2.75) is 46.1 Å². The van der Waals surface area contributed by atoms with Gasteiger partial charge in [0.1, 0.15) is 0 Å². The molecule has 4 nitrogen and oxygen atoms in total. The molecule has 0 aliphatic rings. The van der Waals surface area contributed by atoms with Crippen LogP contribution >= 0.6 is 0 Å². The van der Waals surface area contributed by atoms with Crippen molar-refractivity contribution < 1.29 is 4.79 Å². The predicted molar refractivity (Wildman–Crippen MR) is 73.2 cm³/mol. The summed E-state index contributed by atoms with van der Waals surface area (Å²) in [4.78, 5) is 13.6. The molecule has 0 unspecified atom stereocenters. The van der Waals surface area contributed by atoms with Crippen molar-refractivity contribution >= 4 is 5.91 Å². The molecule has 0 aliphatic carbocycles. The number of rotatable bonds is 10. The molecule has 102 valence electrons. The van der Waals surface area contributed by atoms with E-state index in [1.807, 2.05) is 0 Å². The van der Waals surface area contributed by atoms with E-state index < -0.39 is 0 Å². The first kappa shape index (κ1) is 16.4. The largest absolute Gasteiger partial charge is 0.355 e. The summed E-state index contributed by atoms with van der Waals surface area (Å²) >= 11 is 0. The van der Waals surface area contributed by atoms with Crippen LogP contribution in [0.15, 0.2) is 0 Å². The Morgan fingerprint density at radius 1 is 1.24 bits per heavy atom. The molecule has 0 rings (SSSR count). The second-order valence-electron chi connectivity index (χ2n) is 4.81. The van der Waals surface area contributed by atoms with Crippen LogP contribution in [-0.2, 0) is 4.79 Å². The molecule has 0 aromatic heterocycles. The number of carbonyl (C=O) groups is 1. The molecule has 0 aliphatic heterocycles. The molecule has 0 saturated carbocycles. The van der Waals surface area contributed by atoms with Gasteiger partial charge in [0, 0.05) is 12.6 Å². The van der Waals surface area contributed by atoms with Crippen LogP contribution < -0.4 is 10.6 Å².